The monoisotopic (exact) mass is 322 g/mol. The second kappa shape index (κ2) is 6.48. The molecule has 114 valence electrons. The van der Waals surface area contributed by atoms with Crippen LogP contribution in [-0.4, -0.2) is 34.4 Å². The zero-order valence-electron chi connectivity index (χ0n) is 11.9. The summed E-state index contributed by atoms with van der Waals surface area (Å²) in [6, 6.07) is 1.49. The summed E-state index contributed by atoms with van der Waals surface area (Å²) in [6.07, 6.45) is 3.87. The summed E-state index contributed by atoms with van der Waals surface area (Å²) in [7, 11) is 1.25. The van der Waals surface area contributed by atoms with Gasteiger partial charge in [-0.2, -0.15) is 5.10 Å². The average molecular weight is 323 g/mol. The van der Waals surface area contributed by atoms with E-state index >= 15 is 0 Å². The topological polar surface area (TPSA) is 68.9 Å². The Morgan fingerprint density at radius 3 is 2.91 bits per heavy atom. The molecule has 2 aromatic rings. The van der Waals surface area contributed by atoms with Crippen LogP contribution in [0.25, 0.3) is 11.2 Å². The summed E-state index contributed by atoms with van der Waals surface area (Å²) in [5.41, 5.74) is 1.04. The third kappa shape index (κ3) is 3.04. The van der Waals surface area contributed by atoms with Gasteiger partial charge in [-0.1, -0.05) is 11.6 Å². The van der Waals surface area contributed by atoms with Crippen molar-refractivity contribution in [3.63, 3.8) is 0 Å². The van der Waals surface area contributed by atoms with E-state index in [0.717, 1.165) is 0 Å². The van der Waals surface area contributed by atoms with E-state index in [2.05, 4.69) is 26.5 Å². The van der Waals surface area contributed by atoms with Crippen LogP contribution >= 0.6 is 11.6 Å². The largest absolute Gasteiger partial charge is 0.465 e. The summed E-state index contributed by atoms with van der Waals surface area (Å²) >= 11 is 6.12. The summed E-state index contributed by atoms with van der Waals surface area (Å²) in [5.74, 6) is -1.03. The Morgan fingerprint density at radius 2 is 2.32 bits per heavy atom. The second-order valence-electron chi connectivity index (χ2n) is 4.25. The number of ether oxygens (including phenoxy) is 1. The molecular weight excluding hydrogens is 311 g/mol. The van der Waals surface area contributed by atoms with Crippen LogP contribution in [0.2, 0.25) is 5.15 Å². The van der Waals surface area contributed by atoms with Gasteiger partial charge in [0, 0.05) is 17.8 Å². The first-order chi connectivity index (χ1) is 10.5. The molecule has 0 aliphatic heterocycles. The highest BCUT2D eigenvalue weighted by atomic mass is 35.5. The van der Waals surface area contributed by atoms with Gasteiger partial charge in [0.25, 0.3) is 0 Å². The second-order valence-corrected chi connectivity index (χ2v) is 4.63. The minimum Gasteiger partial charge on any atom is -0.465 e. The van der Waals surface area contributed by atoms with E-state index in [-0.39, 0.29) is 16.4 Å². The Morgan fingerprint density at radius 1 is 1.59 bits per heavy atom. The lowest BCUT2D eigenvalue weighted by Crippen LogP contribution is -2.03. The van der Waals surface area contributed by atoms with Crippen LogP contribution in [0.5, 0.6) is 0 Å². The number of esters is 1. The zero-order valence-corrected chi connectivity index (χ0v) is 12.6. The highest BCUT2D eigenvalue weighted by Crippen LogP contribution is 2.23. The van der Waals surface area contributed by atoms with Crippen LogP contribution in [0.1, 0.15) is 23.0 Å². The van der Waals surface area contributed by atoms with E-state index in [1.807, 2.05) is 0 Å². The quantitative estimate of drug-likeness (QED) is 0.375. The van der Waals surface area contributed by atoms with Crippen LogP contribution in [-0.2, 0) is 4.74 Å². The molecular formula is C14H12ClFN4O2. The summed E-state index contributed by atoms with van der Waals surface area (Å²) in [6.45, 7) is 4.62. The number of hydrogen-bond acceptors (Lipinski definition) is 5. The molecule has 0 unspecified atom stereocenters. The van der Waals surface area contributed by atoms with E-state index in [1.165, 1.54) is 43.1 Å². The molecule has 0 aromatic carbocycles. The number of aliphatic imine (C=N–C) groups is 1. The molecule has 0 saturated heterocycles. The first kappa shape index (κ1) is 15.8. The number of carbonyl (C=O) groups excluding carboxylic acids is 1. The molecule has 0 amide bonds. The van der Waals surface area contributed by atoms with Crippen LogP contribution in [0.4, 0.5) is 4.39 Å². The molecule has 0 fully saturated rings. The smallest absolute Gasteiger partial charge is 0.343 e. The van der Waals surface area contributed by atoms with E-state index in [0.29, 0.717) is 11.3 Å². The molecule has 0 atom stereocenters. The third-order valence-corrected chi connectivity index (χ3v) is 2.98. The van der Waals surface area contributed by atoms with Gasteiger partial charge in [0.15, 0.2) is 5.65 Å². The van der Waals surface area contributed by atoms with Crippen molar-refractivity contribution in [3.05, 3.63) is 46.8 Å². The number of aromatic nitrogens is 3. The summed E-state index contributed by atoms with van der Waals surface area (Å²) < 4.78 is 19.1. The van der Waals surface area contributed by atoms with Gasteiger partial charge in [-0.3, -0.25) is 4.99 Å². The van der Waals surface area contributed by atoms with Gasteiger partial charge in [-0.25, -0.2) is 18.7 Å². The van der Waals surface area contributed by atoms with Crippen molar-refractivity contribution in [2.45, 2.75) is 6.92 Å². The van der Waals surface area contributed by atoms with Gasteiger partial charge >= 0.3 is 5.97 Å². The number of halogens is 2. The number of rotatable bonds is 4. The van der Waals surface area contributed by atoms with Gasteiger partial charge in [-0.05, 0) is 19.7 Å². The molecule has 22 heavy (non-hydrogen) atoms. The van der Waals surface area contributed by atoms with E-state index in [4.69, 9.17) is 11.6 Å². The summed E-state index contributed by atoms with van der Waals surface area (Å²) in [5, 5.41) is 4.17. The van der Waals surface area contributed by atoms with Crippen LogP contribution < -0.4 is 0 Å². The first-order valence-corrected chi connectivity index (χ1v) is 6.48. The number of fused-ring (bicyclic) bond motifs is 1. The Hall–Kier alpha value is -2.54. The number of nitrogens with zero attached hydrogens (tertiary/aromatic N) is 4. The van der Waals surface area contributed by atoms with Crippen molar-refractivity contribution in [2.24, 2.45) is 4.99 Å². The number of methoxy groups -OCH3 is 1. The Kier molecular flexibility index (Phi) is 4.67. The Balaban J connectivity index is 2.70. The molecule has 2 heterocycles. The molecule has 0 N–H and O–H groups in total. The van der Waals surface area contributed by atoms with Gasteiger partial charge in [0.1, 0.15) is 10.7 Å². The van der Waals surface area contributed by atoms with Gasteiger partial charge in [0.05, 0.1) is 24.8 Å². The van der Waals surface area contributed by atoms with Crippen LogP contribution in [0.15, 0.2) is 35.4 Å². The standard InChI is InChI=1S/C14H12ClFN4O2/c1-8(16)4-9(6-17-2)11-5-12(15)20-13(19-11)10(7-18-20)14(21)22-3/h4-7H,2H2,1,3H3/b8-4+,9-6+. The fourth-order valence-electron chi connectivity index (χ4n) is 1.82. The van der Waals surface area contributed by atoms with E-state index in [1.54, 1.807) is 0 Å². The van der Waals surface area contributed by atoms with Gasteiger partial charge < -0.3 is 4.74 Å². The highest BCUT2D eigenvalue weighted by Gasteiger charge is 2.17. The fourth-order valence-corrected chi connectivity index (χ4v) is 2.05. The molecule has 0 radical (unpaired) electrons. The van der Waals surface area contributed by atoms with Crippen LogP contribution in [0, 0.1) is 0 Å². The lowest BCUT2D eigenvalue weighted by Gasteiger charge is -2.05. The molecule has 0 aliphatic rings. The molecule has 0 spiro atoms. The minimum absolute atomic E-state index is 0.151. The maximum Gasteiger partial charge on any atom is 0.343 e. The summed E-state index contributed by atoms with van der Waals surface area (Å²) in [4.78, 5) is 19.6. The van der Waals surface area contributed by atoms with Gasteiger partial charge in [-0.15, -0.1) is 0 Å². The first-order valence-electron chi connectivity index (χ1n) is 6.10. The predicted octanol–water partition coefficient (Wildman–Crippen LogP) is 3.08. The number of carbonyl (C=O) groups is 1. The lowest BCUT2D eigenvalue weighted by atomic mass is 10.1. The lowest BCUT2D eigenvalue weighted by molar-refractivity contribution is 0.0602. The maximum atomic E-state index is 13.2. The Bertz CT molecular complexity index is 807. The van der Waals surface area contributed by atoms with Crippen molar-refractivity contribution in [1.29, 1.82) is 0 Å². The Labute approximate surface area is 130 Å². The van der Waals surface area contributed by atoms with Crippen molar-refractivity contribution in [3.8, 4) is 0 Å². The fraction of sp³-hybridized carbons (Fsp3) is 0.143. The van der Waals surface area contributed by atoms with Crippen molar-refractivity contribution < 1.29 is 13.9 Å². The predicted molar refractivity (Wildman–Crippen MR) is 81.7 cm³/mol. The molecule has 0 bridgehead atoms. The highest BCUT2D eigenvalue weighted by molar-refractivity contribution is 6.30. The normalized spacial score (nSPS) is 12.5. The number of allylic oxidation sites excluding steroid dienone is 3. The van der Waals surface area contributed by atoms with Crippen molar-refractivity contribution >= 4 is 35.5 Å². The molecule has 0 saturated carbocycles. The van der Waals surface area contributed by atoms with Crippen molar-refractivity contribution in [2.75, 3.05) is 7.11 Å². The van der Waals surface area contributed by atoms with Gasteiger partial charge in [0.2, 0.25) is 0 Å². The SMILES string of the molecule is C=N/C=C(\C=C(/C)F)c1cc(Cl)n2ncc(C(=O)OC)c2n1. The van der Waals surface area contributed by atoms with Crippen molar-refractivity contribution in [1.82, 2.24) is 14.6 Å². The van der Waals surface area contributed by atoms with Crippen LogP contribution in [0.3, 0.4) is 0 Å². The van der Waals surface area contributed by atoms with E-state index in [9.17, 15) is 9.18 Å². The zero-order chi connectivity index (χ0) is 16.3. The molecule has 0 aliphatic carbocycles. The molecule has 2 aromatic heterocycles. The number of hydrogen-bond donors (Lipinski definition) is 0. The minimum atomic E-state index is -0.597. The maximum absolute atomic E-state index is 13.2. The molecule has 8 heteroatoms. The average Bonchev–Trinajstić information content (AvgIpc) is 2.90. The van der Waals surface area contributed by atoms with E-state index < -0.39 is 11.8 Å². The molecule has 6 nitrogen and oxygen atoms in total. The third-order valence-electron chi connectivity index (χ3n) is 2.71. The molecule has 2 rings (SSSR count).